The van der Waals surface area contributed by atoms with Gasteiger partial charge < -0.3 is 5.32 Å². The summed E-state index contributed by atoms with van der Waals surface area (Å²) >= 11 is 2.95. The average Bonchev–Trinajstić information content (AvgIpc) is 3.51. The van der Waals surface area contributed by atoms with Gasteiger partial charge in [-0.15, -0.1) is 22.7 Å². The zero-order valence-corrected chi connectivity index (χ0v) is 18.8. The van der Waals surface area contributed by atoms with E-state index in [-0.39, 0.29) is 24.4 Å². The lowest BCUT2D eigenvalue weighted by Gasteiger charge is -2.32. The van der Waals surface area contributed by atoms with Crippen molar-refractivity contribution in [2.75, 3.05) is 32.7 Å². The maximum Gasteiger partial charge on any atom is 0.252 e. The summed E-state index contributed by atoms with van der Waals surface area (Å²) in [7, 11) is -3.50. The minimum absolute atomic E-state index is 0.0307. The summed E-state index contributed by atoms with van der Waals surface area (Å²) < 4.78 is 27.5. The third-order valence-corrected chi connectivity index (χ3v) is 9.98. The normalized spacial score (nSPS) is 22.6. The summed E-state index contributed by atoms with van der Waals surface area (Å²) in [4.78, 5) is 16.6. The molecule has 2 atom stereocenters. The lowest BCUT2D eigenvalue weighted by molar-refractivity contribution is -0.126. The van der Waals surface area contributed by atoms with Gasteiger partial charge >= 0.3 is 0 Å². The van der Waals surface area contributed by atoms with Crippen LogP contribution in [0, 0.1) is 5.92 Å². The van der Waals surface area contributed by atoms with Crippen molar-refractivity contribution in [3.63, 3.8) is 0 Å². The fraction of sp³-hybridized carbons (Fsp3) is 0.550. The van der Waals surface area contributed by atoms with Crippen LogP contribution in [0.1, 0.15) is 36.6 Å². The first-order valence-corrected chi connectivity index (χ1v) is 13.3. The fourth-order valence-electron chi connectivity index (χ4n) is 4.20. The fourth-order valence-corrected chi connectivity index (χ4v) is 7.73. The van der Waals surface area contributed by atoms with Crippen LogP contribution in [-0.2, 0) is 14.8 Å². The van der Waals surface area contributed by atoms with Crippen LogP contribution in [0.25, 0.3) is 0 Å². The maximum absolute atomic E-state index is 12.9. The SMILES string of the molecule is O=C(NCC(c1cccs1)N1CCCC1)C1CCCN(S(=O)(=O)c2cccs2)C1. The smallest absolute Gasteiger partial charge is 0.252 e. The standard InChI is InChI=1S/C20H27N3O3S3/c24-20(21-14-17(18-7-4-12-27-18)22-9-1-2-10-22)16-6-3-11-23(15-16)29(25,26)19-8-5-13-28-19/h4-5,7-8,12-13,16-17H,1-3,6,9-11,14-15H2,(H,21,24). The number of nitrogens with zero attached hydrogens (tertiary/aromatic N) is 2. The van der Waals surface area contributed by atoms with Gasteiger partial charge in [-0.1, -0.05) is 12.1 Å². The van der Waals surface area contributed by atoms with Crippen LogP contribution in [0.5, 0.6) is 0 Å². The Morgan fingerprint density at radius 1 is 1.10 bits per heavy atom. The van der Waals surface area contributed by atoms with Gasteiger partial charge in [0.15, 0.2) is 0 Å². The van der Waals surface area contributed by atoms with E-state index in [1.54, 1.807) is 28.8 Å². The molecule has 0 bridgehead atoms. The quantitative estimate of drug-likeness (QED) is 0.699. The third-order valence-electron chi connectivity index (χ3n) is 5.77. The highest BCUT2D eigenvalue weighted by Gasteiger charge is 2.34. The van der Waals surface area contributed by atoms with Gasteiger partial charge in [0.25, 0.3) is 10.0 Å². The Hall–Kier alpha value is -1.26. The zero-order chi connectivity index (χ0) is 20.3. The molecule has 2 aliphatic rings. The molecule has 2 unspecified atom stereocenters. The van der Waals surface area contributed by atoms with Gasteiger partial charge in [-0.25, -0.2) is 8.42 Å². The van der Waals surface area contributed by atoms with Crippen LogP contribution in [0.15, 0.2) is 39.2 Å². The van der Waals surface area contributed by atoms with E-state index in [0.29, 0.717) is 23.7 Å². The number of likely N-dealkylation sites (tertiary alicyclic amines) is 1. The predicted molar refractivity (Wildman–Crippen MR) is 117 cm³/mol. The van der Waals surface area contributed by atoms with Crippen molar-refractivity contribution in [1.29, 1.82) is 0 Å². The maximum atomic E-state index is 12.9. The summed E-state index contributed by atoms with van der Waals surface area (Å²) in [5, 5.41) is 6.98. The van der Waals surface area contributed by atoms with Crippen molar-refractivity contribution in [2.24, 2.45) is 5.92 Å². The van der Waals surface area contributed by atoms with Gasteiger partial charge in [-0.2, -0.15) is 4.31 Å². The third kappa shape index (κ3) is 4.74. The van der Waals surface area contributed by atoms with E-state index in [0.717, 1.165) is 19.5 Å². The van der Waals surface area contributed by atoms with Crippen LogP contribution < -0.4 is 5.32 Å². The van der Waals surface area contributed by atoms with Crippen molar-refractivity contribution in [2.45, 2.75) is 35.9 Å². The molecular weight excluding hydrogens is 426 g/mol. The molecule has 2 saturated heterocycles. The van der Waals surface area contributed by atoms with E-state index < -0.39 is 10.0 Å². The highest BCUT2D eigenvalue weighted by molar-refractivity contribution is 7.91. The summed E-state index contributed by atoms with van der Waals surface area (Å²) in [5.74, 6) is -0.321. The predicted octanol–water partition coefficient (Wildman–Crippen LogP) is 3.16. The second-order valence-electron chi connectivity index (χ2n) is 7.65. The molecule has 0 aliphatic carbocycles. The number of carbonyl (C=O) groups excluding carboxylic acids is 1. The minimum Gasteiger partial charge on any atom is -0.354 e. The molecule has 2 aromatic heterocycles. The second kappa shape index (κ2) is 9.26. The Labute approximate surface area is 180 Å². The van der Waals surface area contributed by atoms with Crippen LogP contribution in [-0.4, -0.2) is 56.3 Å². The average molecular weight is 454 g/mol. The molecular formula is C20H27N3O3S3. The molecule has 2 fully saturated rings. The van der Waals surface area contributed by atoms with Crippen molar-refractivity contribution in [3.05, 3.63) is 39.9 Å². The zero-order valence-electron chi connectivity index (χ0n) is 16.3. The number of hydrogen-bond donors (Lipinski definition) is 1. The second-order valence-corrected chi connectivity index (χ2v) is 11.7. The Morgan fingerprint density at radius 2 is 1.86 bits per heavy atom. The molecule has 0 aromatic carbocycles. The van der Waals surface area contributed by atoms with Crippen LogP contribution in [0.2, 0.25) is 0 Å². The van der Waals surface area contributed by atoms with Gasteiger partial charge in [-0.05, 0) is 61.7 Å². The Balaban J connectivity index is 1.39. The monoisotopic (exact) mass is 453 g/mol. The highest BCUT2D eigenvalue weighted by Crippen LogP contribution is 2.29. The van der Waals surface area contributed by atoms with Gasteiger partial charge in [-0.3, -0.25) is 9.69 Å². The topological polar surface area (TPSA) is 69.7 Å². The molecule has 6 nitrogen and oxygen atoms in total. The van der Waals surface area contributed by atoms with Crippen molar-refractivity contribution >= 4 is 38.6 Å². The first-order chi connectivity index (χ1) is 14.1. The highest BCUT2D eigenvalue weighted by atomic mass is 32.2. The van der Waals surface area contributed by atoms with Gasteiger partial charge in [0.1, 0.15) is 4.21 Å². The molecule has 2 aliphatic heterocycles. The molecule has 2 aromatic rings. The number of piperidine rings is 1. The van der Waals surface area contributed by atoms with E-state index >= 15 is 0 Å². The first kappa shape index (κ1) is 21.0. The molecule has 1 N–H and O–H groups in total. The van der Waals surface area contributed by atoms with E-state index in [1.165, 1.54) is 33.4 Å². The molecule has 0 spiro atoms. The van der Waals surface area contributed by atoms with Crippen LogP contribution in [0.3, 0.4) is 0 Å². The number of sulfonamides is 1. The number of hydrogen-bond acceptors (Lipinski definition) is 6. The van der Waals surface area contributed by atoms with Crippen molar-refractivity contribution < 1.29 is 13.2 Å². The summed E-state index contributed by atoms with van der Waals surface area (Å²) in [6.45, 7) is 3.45. The largest absolute Gasteiger partial charge is 0.354 e. The van der Waals surface area contributed by atoms with Gasteiger partial charge in [0.05, 0.1) is 12.0 Å². The van der Waals surface area contributed by atoms with Crippen molar-refractivity contribution in [3.8, 4) is 0 Å². The molecule has 9 heteroatoms. The minimum atomic E-state index is -3.50. The number of carbonyl (C=O) groups is 1. The number of rotatable bonds is 7. The lowest BCUT2D eigenvalue weighted by atomic mass is 9.98. The molecule has 4 heterocycles. The summed E-state index contributed by atoms with van der Waals surface area (Å²) in [6.07, 6.45) is 3.85. The number of amides is 1. The summed E-state index contributed by atoms with van der Waals surface area (Å²) in [6, 6.07) is 7.77. The van der Waals surface area contributed by atoms with E-state index in [1.807, 2.05) is 0 Å². The van der Waals surface area contributed by atoms with Crippen LogP contribution in [0.4, 0.5) is 0 Å². The summed E-state index contributed by atoms with van der Waals surface area (Å²) in [5.41, 5.74) is 0. The number of thiophene rings is 2. The molecule has 0 saturated carbocycles. The van der Waals surface area contributed by atoms with E-state index in [9.17, 15) is 13.2 Å². The molecule has 29 heavy (non-hydrogen) atoms. The number of nitrogens with one attached hydrogen (secondary N) is 1. The van der Waals surface area contributed by atoms with Gasteiger partial charge in [0, 0.05) is 24.5 Å². The molecule has 0 radical (unpaired) electrons. The Morgan fingerprint density at radius 3 is 2.55 bits per heavy atom. The first-order valence-electron chi connectivity index (χ1n) is 10.1. The molecule has 1 amide bonds. The Bertz CT molecular complexity index is 891. The van der Waals surface area contributed by atoms with Gasteiger partial charge in [0.2, 0.25) is 5.91 Å². The lowest BCUT2D eigenvalue weighted by Crippen LogP contribution is -2.46. The molecule has 4 rings (SSSR count). The van der Waals surface area contributed by atoms with E-state index in [2.05, 4.69) is 27.7 Å². The van der Waals surface area contributed by atoms with Crippen molar-refractivity contribution in [1.82, 2.24) is 14.5 Å². The Kier molecular flexibility index (Phi) is 6.70. The molecule has 158 valence electrons. The van der Waals surface area contributed by atoms with Crippen LogP contribution >= 0.6 is 22.7 Å². The van der Waals surface area contributed by atoms with E-state index in [4.69, 9.17) is 0 Å².